The monoisotopic (exact) mass is 388 g/mol. The molecule has 2 aromatic rings. The molecule has 0 N–H and O–H groups in total. The molecule has 0 atom stereocenters. The van der Waals surface area contributed by atoms with E-state index >= 15 is 0 Å². The van der Waals surface area contributed by atoms with E-state index in [2.05, 4.69) is 0 Å². The van der Waals surface area contributed by atoms with E-state index in [1.54, 1.807) is 37.5 Å². The lowest BCUT2D eigenvalue weighted by molar-refractivity contribution is 0.104. The predicted molar refractivity (Wildman–Crippen MR) is 106 cm³/mol. The van der Waals surface area contributed by atoms with E-state index in [9.17, 15) is 4.79 Å². The van der Waals surface area contributed by atoms with E-state index in [0.717, 1.165) is 0 Å². The molecule has 0 radical (unpaired) electrons. The Labute approximate surface area is 164 Å². The third kappa shape index (κ3) is 4.14. The SMILES string of the molecule is COc1cc(/C=C/C(=O)c2c(OC)ccc(OC)c2OC)c(OC)c(OC)c1. The molecule has 0 amide bonds. The number of hydrogen-bond acceptors (Lipinski definition) is 7. The minimum absolute atomic E-state index is 0.259. The summed E-state index contributed by atoms with van der Waals surface area (Å²) in [6, 6.07) is 6.77. The van der Waals surface area contributed by atoms with Crippen LogP contribution in [0, 0.1) is 0 Å². The summed E-state index contributed by atoms with van der Waals surface area (Å²) in [6.07, 6.45) is 3.01. The van der Waals surface area contributed by atoms with Crippen LogP contribution in [0.25, 0.3) is 6.08 Å². The van der Waals surface area contributed by atoms with Gasteiger partial charge in [0.2, 0.25) is 0 Å². The number of hydrogen-bond donors (Lipinski definition) is 0. The van der Waals surface area contributed by atoms with E-state index in [1.807, 2.05) is 0 Å². The van der Waals surface area contributed by atoms with Crippen LogP contribution in [-0.2, 0) is 0 Å². The molecule has 0 saturated heterocycles. The highest BCUT2D eigenvalue weighted by Gasteiger charge is 2.21. The molecule has 7 heteroatoms. The van der Waals surface area contributed by atoms with Gasteiger partial charge < -0.3 is 28.4 Å². The van der Waals surface area contributed by atoms with Crippen molar-refractivity contribution < 1.29 is 33.2 Å². The Morgan fingerprint density at radius 3 is 1.86 bits per heavy atom. The first-order valence-electron chi connectivity index (χ1n) is 8.35. The summed E-state index contributed by atoms with van der Waals surface area (Å²) in [7, 11) is 9.05. The Morgan fingerprint density at radius 1 is 0.714 bits per heavy atom. The quantitative estimate of drug-likeness (QED) is 0.480. The van der Waals surface area contributed by atoms with Crippen LogP contribution in [0.4, 0.5) is 0 Å². The number of ether oxygens (including phenoxy) is 6. The van der Waals surface area contributed by atoms with Crippen LogP contribution < -0.4 is 28.4 Å². The highest BCUT2D eigenvalue weighted by molar-refractivity contribution is 6.11. The fourth-order valence-corrected chi connectivity index (χ4v) is 2.77. The standard InChI is InChI=1S/C21H24O7/c1-23-14-11-13(20(27-5)18(12-14)26-4)7-8-15(22)19-16(24-2)9-10-17(25-3)21(19)28-6/h7-12H,1-6H3/b8-7+. The first-order valence-corrected chi connectivity index (χ1v) is 8.35. The fourth-order valence-electron chi connectivity index (χ4n) is 2.77. The molecule has 2 rings (SSSR count). The summed E-state index contributed by atoms with van der Waals surface area (Å²) >= 11 is 0. The van der Waals surface area contributed by atoms with Crippen molar-refractivity contribution in [3.63, 3.8) is 0 Å². The van der Waals surface area contributed by atoms with Gasteiger partial charge in [-0.25, -0.2) is 0 Å². The lowest BCUT2D eigenvalue weighted by Gasteiger charge is -2.14. The van der Waals surface area contributed by atoms with Crippen molar-refractivity contribution in [2.45, 2.75) is 0 Å². The summed E-state index contributed by atoms with van der Waals surface area (Å²) in [4.78, 5) is 12.9. The molecule has 0 saturated carbocycles. The first-order chi connectivity index (χ1) is 13.5. The number of carbonyl (C=O) groups is 1. The van der Waals surface area contributed by atoms with E-state index in [0.29, 0.717) is 40.1 Å². The van der Waals surface area contributed by atoms with Gasteiger partial charge in [-0.05, 0) is 30.4 Å². The zero-order chi connectivity index (χ0) is 20.7. The number of carbonyl (C=O) groups excluding carboxylic acids is 1. The van der Waals surface area contributed by atoms with Gasteiger partial charge in [0.1, 0.15) is 17.1 Å². The lowest BCUT2D eigenvalue weighted by Crippen LogP contribution is -2.04. The van der Waals surface area contributed by atoms with Crippen LogP contribution in [-0.4, -0.2) is 48.4 Å². The second-order valence-corrected chi connectivity index (χ2v) is 5.53. The molecule has 0 heterocycles. The maximum Gasteiger partial charge on any atom is 0.193 e. The summed E-state index contributed by atoms with van der Waals surface area (Å²) in [5.41, 5.74) is 0.877. The maximum atomic E-state index is 12.9. The van der Waals surface area contributed by atoms with Crippen molar-refractivity contribution in [1.29, 1.82) is 0 Å². The zero-order valence-electron chi connectivity index (χ0n) is 16.8. The second kappa shape index (κ2) is 9.55. The van der Waals surface area contributed by atoms with Crippen molar-refractivity contribution in [3.05, 3.63) is 41.5 Å². The molecule has 2 aromatic carbocycles. The summed E-state index contributed by atoms with van der Waals surface area (Å²) in [5.74, 6) is 2.33. The van der Waals surface area contributed by atoms with E-state index in [-0.39, 0.29) is 11.3 Å². The molecule has 0 spiro atoms. The third-order valence-corrected chi connectivity index (χ3v) is 4.10. The Hall–Kier alpha value is -3.35. The number of ketones is 1. The van der Waals surface area contributed by atoms with Crippen LogP contribution in [0.15, 0.2) is 30.3 Å². The molecule has 0 fully saturated rings. The first kappa shape index (κ1) is 21.0. The smallest absolute Gasteiger partial charge is 0.193 e. The molecule has 0 aliphatic rings. The largest absolute Gasteiger partial charge is 0.497 e. The second-order valence-electron chi connectivity index (χ2n) is 5.53. The third-order valence-electron chi connectivity index (χ3n) is 4.10. The average molecular weight is 388 g/mol. The molecule has 0 unspecified atom stereocenters. The Kier molecular flexibility index (Phi) is 7.14. The van der Waals surface area contributed by atoms with Crippen LogP contribution in [0.2, 0.25) is 0 Å². The number of benzene rings is 2. The number of allylic oxidation sites excluding steroid dienone is 1. The van der Waals surface area contributed by atoms with E-state index in [4.69, 9.17) is 28.4 Å². The van der Waals surface area contributed by atoms with Gasteiger partial charge in [0.25, 0.3) is 0 Å². The van der Waals surface area contributed by atoms with Gasteiger partial charge in [0.05, 0.1) is 42.7 Å². The summed E-state index contributed by atoms with van der Waals surface area (Å²) in [5, 5.41) is 0. The molecule has 7 nitrogen and oxygen atoms in total. The van der Waals surface area contributed by atoms with Gasteiger partial charge in [0, 0.05) is 11.6 Å². The van der Waals surface area contributed by atoms with Crippen LogP contribution in [0.3, 0.4) is 0 Å². The van der Waals surface area contributed by atoms with Crippen molar-refractivity contribution in [2.75, 3.05) is 42.7 Å². The number of rotatable bonds is 9. The Balaban J connectivity index is 2.53. The summed E-state index contributed by atoms with van der Waals surface area (Å²) < 4.78 is 32.0. The molecule has 150 valence electrons. The van der Waals surface area contributed by atoms with Crippen molar-refractivity contribution in [2.24, 2.45) is 0 Å². The average Bonchev–Trinajstić information content (AvgIpc) is 2.75. The Bertz CT molecular complexity index is 872. The maximum absolute atomic E-state index is 12.9. The van der Waals surface area contributed by atoms with Gasteiger partial charge >= 0.3 is 0 Å². The predicted octanol–water partition coefficient (Wildman–Crippen LogP) is 3.63. The normalized spacial score (nSPS) is 10.5. The molecule has 0 aromatic heterocycles. The van der Waals surface area contributed by atoms with Crippen molar-refractivity contribution >= 4 is 11.9 Å². The zero-order valence-corrected chi connectivity index (χ0v) is 16.8. The minimum Gasteiger partial charge on any atom is -0.497 e. The fraction of sp³-hybridized carbons (Fsp3) is 0.286. The van der Waals surface area contributed by atoms with Crippen LogP contribution in [0.5, 0.6) is 34.5 Å². The molecule has 0 bridgehead atoms. The highest BCUT2D eigenvalue weighted by atomic mass is 16.5. The van der Waals surface area contributed by atoms with E-state index < -0.39 is 0 Å². The van der Waals surface area contributed by atoms with Gasteiger partial charge in [-0.2, -0.15) is 0 Å². The molecular weight excluding hydrogens is 364 g/mol. The van der Waals surface area contributed by atoms with Crippen LogP contribution >= 0.6 is 0 Å². The van der Waals surface area contributed by atoms with Gasteiger partial charge in [-0.1, -0.05) is 0 Å². The lowest BCUT2D eigenvalue weighted by atomic mass is 10.0. The molecule has 0 aliphatic heterocycles. The van der Waals surface area contributed by atoms with Crippen LogP contribution in [0.1, 0.15) is 15.9 Å². The molecular formula is C21H24O7. The number of methoxy groups -OCH3 is 6. The molecule has 0 aliphatic carbocycles. The van der Waals surface area contributed by atoms with Crippen molar-refractivity contribution in [1.82, 2.24) is 0 Å². The topological polar surface area (TPSA) is 72.5 Å². The summed E-state index contributed by atoms with van der Waals surface area (Å²) in [6.45, 7) is 0. The van der Waals surface area contributed by atoms with Crippen molar-refractivity contribution in [3.8, 4) is 34.5 Å². The van der Waals surface area contributed by atoms with Gasteiger partial charge in [-0.3, -0.25) is 4.79 Å². The highest BCUT2D eigenvalue weighted by Crippen LogP contribution is 2.39. The minimum atomic E-state index is -0.323. The Morgan fingerprint density at radius 2 is 1.32 bits per heavy atom. The van der Waals surface area contributed by atoms with Gasteiger partial charge in [-0.15, -0.1) is 0 Å². The molecule has 28 heavy (non-hydrogen) atoms. The van der Waals surface area contributed by atoms with E-state index in [1.165, 1.54) is 41.6 Å². The van der Waals surface area contributed by atoms with Gasteiger partial charge in [0.15, 0.2) is 28.8 Å².